The van der Waals surface area contributed by atoms with Crippen molar-refractivity contribution in [1.29, 1.82) is 0 Å². The monoisotopic (exact) mass is 379 g/mol. The zero-order valence-electron chi connectivity index (χ0n) is 14.9. The second-order valence-corrected chi connectivity index (χ2v) is 8.71. The molecule has 1 aliphatic heterocycles. The topological polar surface area (TPSA) is 95.6 Å². The van der Waals surface area contributed by atoms with E-state index in [-0.39, 0.29) is 29.2 Å². The highest BCUT2D eigenvalue weighted by molar-refractivity contribution is 7.89. The highest BCUT2D eigenvalue weighted by Gasteiger charge is 2.32. The van der Waals surface area contributed by atoms with Crippen LogP contribution in [0.1, 0.15) is 49.4 Å². The number of rotatable bonds is 7. The Balaban J connectivity index is 1.68. The highest BCUT2D eigenvalue weighted by Crippen LogP contribution is 2.20. The number of carbonyl (C=O) groups excluding carboxylic acids is 2. The number of nitrogens with zero attached hydrogens (tertiary/aromatic N) is 1. The van der Waals surface area contributed by atoms with Crippen LogP contribution in [0.5, 0.6) is 0 Å². The molecule has 1 heterocycles. The summed E-state index contributed by atoms with van der Waals surface area (Å²) in [5.74, 6) is -0.287. The summed E-state index contributed by atoms with van der Waals surface area (Å²) in [6, 6.07) is 5.77. The lowest BCUT2D eigenvalue weighted by Crippen LogP contribution is -2.39. The normalized spacial score (nSPS) is 20.9. The van der Waals surface area contributed by atoms with E-state index in [9.17, 15) is 18.0 Å². The van der Waals surface area contributed by atoms with Gasteiger partial charge in [-0.05, 0) is 43.9 Å². The summed E-state index contributed by atoms with van der Waals surface area (Å²) in [7, 11) is -3.79. The van der Waals surface area contributed by atoms with Gasteiger partial charge in [-0.2, -0.15) is 0 Å². The Bertz CT molecular complexity index is 789. The molecule has 7 nitrogen and oxygen atoms in total. The number of carbonyl (C=O) groups is 2. The van der Waals surface area contributed by atoms with E-state index >= 15 is 0 Å². The van der Waals surface area contributed by atoms with Crippen LogP contribution >= 0.6 is 0 Å². The van der Waals surface area contributed by atoms with Crippen molar-refractivity contribution in [2.24, 2.45) is 0 Å². The quantitative estimate of drug-likeness (QED) is 0.745. The maximum atomic E-state index is 12.7. The lowest BCUT2D eigenvalue weighted by molar-refractivity contribution is -0.127. The van der Waals surface area contributed by atoms with Gasteiger partial charge >= 0.3 is 0 Å². The maximum Gasteiger partial charge on any atom is 0.251 e. The first-order valence-corrected chi connectivity index (χ1v) is 10.6. The van der Waals surface area contributed by atoms with Crippen LogP contribution in [-0.4, -0.2) is 50.3 Å². The van der Waals surface area contributed by atoms with E-state index in [2.05, 4.69) is 10.0 Å². The summed E-state index contributed by atoms with van der Waals surface area (Å²) in [5.41, 5.74) is 0.329. The van der Waals surface area contributed by atoms with Crippen LogP contribution in [0.25, 0.3) is 0 Å². The number of benzene rings is 1. The van der Waals surface area contributed by atoms with Crippen molar-refractivity contribution in [2.45, 2.75) is 56.0 Å². The Morgan fingerprint density at radius 2 is 2.04 bits per heavy atom. The molecular weight excluding hydrogens is 354 g/mol. The number of hydrogen-bond donors (Lipinski definition) is 2. The molecule has 8 heteroatoms. The lowest BCUT2D eigenvalue weighted by Gasteiger charge is -2.26. The molecule has 1 saturated heterocycles. The summed E-state index contributed by atoms with van der Waals surface area (Å²) in [6.45, 7) is 2.99. The first-order valence-electron chi connectivity index (χ1n) is 9.10. The molecule has 2 N–H and O–H groups in total. The van der Waals surface area contributed by atoms with Crippen LogP contribution in [0, 0.1) is 0 Å². The molecule has 26 heavy (non-hydrogen) atoms. The van der Waals surface area contributed by atoms with Gasteiger partial charge in [0.15, 0.2) is 0 Å². The van der Waals surface area contributed by atoms with Gasteiger partial charge in [-0.15, -0.1) is 0 Å². The third-order valence-electron chi connectivity index (χ3n) is 4.88. The molecule has 0 aromatic heterocycles. The molecule has 2 aliphatic rings. The molecule has 1 atom stereocenters. The van der Waals surface area contributed by atoms with Crippen molar-refractivity contribution in [3.05, 3.63) is 29.8 Å². The lowest BCUT2D eigenvalue weighted by atomic mass is 9.93. The van der Waals surface area contributed by atoms with E-state index in [0.29, 0.717) is 18.7 Å². The number of hydrogen-bond acceptors (Lipinski definition) is 4. The van der Waals surface area contributed by atoms with E-state index < -0.39 is 16.1 Å². The smallest absolute Gasteiger partial charge is 0.251 e. The minimum Gasteiger partial charge on any atom is -0.349 e. The van der Waals surface area contributed by atoms with Gasteiger partial charge in [-0.1, -0.05) is 13.0 Å². The van der Waals surface area contributed by atoms with Gasteiger partial charge in [-0.3, -0.25) is 9.59 Å². The van der Waals surface area contributed by atoms with E-state index in [1.54, 1.807) is 17.0 Å². The van der Waals surface area contributed by atoms with Gasteiger partial charge in [0, 0.05) is 37.2 Å². The molecule has 0 radical (unpaired) electrons. The maximum absolute atomic E-state index is 12.7. The molecule has 142 valence electrons. The summed E-state index contributed by atoms with van der Waals surface area (Å²) in [4.78, 5) is 25.9. The fourth-order valence-corrected chi connectivity index (χ4v) is 4.52. The molecule has 1 saturated carbocycles. The van der Waals surface area contributed by atoms with E-state index in [4.69, 9.17) is 0 Å². The summed E-state index contributed by atoms with van der Waals surface area (Å²) >= 11 is 0. The molecule has 0 spiro atoms. The van der Waals surface area contributed by atoms with Gasteiger partial charge in [-0.25, -0.2) is 13.1 Å². The van der Waals surface area contributed by atoms with Crippen molar-refractivity contribution in [1.82, 2.24) is 14.9 Å². The number of amides is 2. The Morgan fingerprint density at radius 3 is 2.69 bits per heavy atom. The Kier molecular flexibility index (Phi) is 5.62. The number of sulfonamides is 1. The Hall–Kier alpha value is -1.93. The number of nitrogens with one attached hydrogen (secondary N) is 2. The Labute approximate surface area is 154 Å². The largest absolute Gasteiger partial charge is 0.349 e. The van der Waals surface area contributed by atoms with Crippen LogP contribution in [0.15, 0.2) is 29.2 Å². The molecule has 0 bridgehead atoms. The molecule has 1 aromatic rings. The number of likely N-dealkylation sites (tertiary alicyclic amines) is 1. The van der Waals surface area contributed by atoms with Crippen molar-refractivity contribution in [3.63, 3.8) is 0 Å². The van der Waals surface area contributed by atoms with Crippen molar-refractivity contribution in [3.8, 4) is 0 Å². The summed E-state index contributed by atoms with van der Waals surface area (Å²) in [6.07, 6.45) is 4.05. The zero-order valence-corrected chi connectivity index (χ0v) is 15.7. The van der Waals surface area contributed by atoms with E-state index in [1.807, 2.05) is 6.92 Å². The fourth-order valence-electron chi connectivity index (χ4n) is 3.25. The van der Waals surface area contributed by atoms with Gasteiger partial charge in [0.25, 0.3) is 5.91 Å². The van der Waals surface area contributed by atoms with Gasteiger partial charge in [0.05, 0.1) is 4.90 Å². The van der Waals surface area contributed by atoms with Gasteiger partial charge < -0.3 is 10.2 Å². The molecule has 0 unspecified atom stereocenters. The van der Waals surface area contributed by atoms with E-state index in [1.165, 1.54) is 12.1 Å². The van der Waals surface area contributed by atoms with Crippen molar-refractivity contribution in [2.75, 3.05) is 13.1 Å². The van der Waals surface area contributed by atoms with E-state index in [0.717, 1.165) is 25.7 Å². The predicted octanol–water partition coefficient (Wildman–Crippen LogP) is 1.26. The third-order valence-corrected chi connectivity index (χ3v) is 6.39. The third kappa shape index (κ3) is 4.24. The molecular formula is C18H25N3O4S. The minimum atomic E-state index is -3.79. The predicted molar refractivity (Wildman–Crippen MR) is 97.1 cm³/mol. The summed E-state index contributed by atoms with van der Waals surface area (Å²) in [5, 5.41) is 2.90. The second-order valence-electron chi connectivity index (χ2n) is 6.99. The highest BCUT2D eigenvalue weighted by atomic mass is 32.2. The van der Waals surface area contributed by atoms with Gasteiger partial charge in [0.2, 0.25) is 15.9 Å². The molecule has 2 fully saturated rings. The molecule has 3 rings (SSSR count). The average molecular weight is 379 g/mol. The first kappa shape index (κ1) is 18.8. The average Bonchev–Trinajstić information content (AvgIpc) is 2.90. The SMILES string of the molecule is CCCN1C[C@H](NS(=O)(=O)c2cccc(C(=O)NC3CCC3)c2)CC1=O. The molecule has 1 aromatic carbocycles. The molecule has 1 aliphatic carbocycles. The minimum absolute atomic E-state index is 0.0341. The standard InChI is InChI=1S/C18H25N3O4S/c1-2-9-21-12-15(11-17(21)22)20-26(24,25)16-8-3-5-13(10-16)18(23)19-14-6-4-7-14/h3,5,8,10,14-15,20H,2,4,6-7,9,11-12H2,1H3,(H,19,23)/t15-/m1/s1. The zero-order chi connectivity index (χ0) is 18.7. The first-order chi connectivity index (χ1) is 12.4. The van der Waals surface area contributed by atoms with Gasteiger partial charge in [0.1, 0.15) is 0 Å². The second kappa shape index (κ2) is 7.75. The van der Waals surface area contributed by atoms with Crippen LogP contribution in [-0.2, 0) is 14.8 Å². The van der Waals surface area contributed by atoms with Crippen LogP contribution in [0.3, 0.4) is 0 Å². The van der Waals surface area contributed by atoms with Crippen LogP contribution in [0.4, 0.5) is 0 Å². The summed E-state index contributed by atoms with van der Waals surface area (Å²) < 4.78 is 27.9. The van der Waals surface area contributed by atoms with Crippen molar-refractivity contribution >= 4 is 21.8 Å². The van der Waals surface area contributed by atoms with Crippen LogP contribution in [0.2, 0.25) is 0 Å². The fraction of sp³-hybridized carbons (Fsp3) is 0.556. The Morgan fingerprint density at radius 1 is 1.27 bits per heavy atom. The van der Waals surface area contributed by atoms with Crippen molar-refractivity contribution < 1.29 is 18.0 Å². The van der Waals surface area contributed by atoms with Crippen LogP contribution < -0.4 is 10.0 Å². The molecule has 2 amide bonds.